The minimum Gasteiger partial charge on any atom is -0.460 e. The lowest BCUT2D eigenvalue weighted by molar-refractivity contribution is 0.104. The Hall–Kier alpha value is -3.28. The van der Waals surface area contributed by atoms with Crippen LogP contribution in [0.3, 0.4) is 0 Å². The molecular weight excluding hydrogens is 336 g/mol. The summed E-state index contributed by atoms with van der Waals surface area (Å²) in [6.07, 6.45) is 1.22. The first-order chi connectivity index (χ1) is 12.6. The fourth-order valence-electron chi connectivity index (χ4n) is 2.48. The Kier molecular flexibility index (Phi) is 5.22. The SMILES string of the molecule is CCOC(=O)Oc1ccc2c(=O)c(Oc3ccccc3CC)coc2c1. The fourth-order valence-corrected chi connectivity index (χ4v) is 2.48. The highest BCUT2D eigenvalue weighted by Crippen LogP contribution is 2.26. The maximum atomic E-state index is 12.7. The highest BCUT2D eigenvalue weighted by atomic mass is 16.7. The Bertz CT molecular complexity index is 989. The van der Waals surface area contributed by atoms with Gasteiger partial charge in [-0.2, -0.15) is 0 Å². The average molecular weight is 354 g/mol. The van der Waals surface area contributed by atoms with E-state index < -0.39 is 6.16 Å². The van der Waals surface area contributed by atoms with Crippen molar-refractivity contribution >= 4 is 17.1 Å². The summed E-state index contributed by atoms with van der Waals surface area (Å²) < 4.78 is 21.0. The molecule has 0 saturated carbocycles. The molecule has 0 saturated heterocycles. The van der Waals surface area contributed by atoms with Crippen molar-refractivity contribution in [2.24, 2.45) is 0 Å². The maximum absolute atomic E-state index is 12.7. The van der Waals surface area contributed by atoms with Crippen LogP contribution in [0.1, 0.15) is 19.4 Å². The highest BCUT2D eigenvalue weighted by molar-refractivity contribution is 5.80. The van der Waals surface area contributed by atoms with Crippen LogP contribution < -0.4 is 14.9 Å². The van der Waals surface area contributed by atoms with Crippen molar-refractivity contribution in [3.63, 3.8) is 0 Å². The number of carbonyl (C=O) groups excluding carboxylic acids is 1. The lowest BCUT2D eigenvalue weighted by Gasteiger charge is -2.09. The van der Waals surface area contributed by atoms with E-state index in [0.29, 0.717) is 11.1 Å². The van der Waals surface area contributed by atoms with Crippen molar-refractivity contribution in [1.29, 1.82) is 0 Å². The van der Waals surface area contributed by atoms with Crippen LogP contribution in [0.25, 0.3) is 11.0 Å². The van der Waals surface area contributed by atoms with E-state index in [-0.39, 0.29) is 29.1 Å². The van der Waals surface area contributed by atoms with Gasteiger partial charge < -0.3 is 18.6 Å². The molecule has 3 aromatic rings. The van der Waals surface area contributed by atoms with Gasteiger partial charge in [-0.3, -0.25) is 4.79 Å². The van der Waals surface area contributed by atoms with Gasteiger partial charge in [-0.05, 0) is 37.1 Å². The summed E-state index contributed by atoms with van der Waals surface area (Å²) >= 11 is 0. The van der Waals surface area contributed by atoms with Crippen LogP contribution in [0, 0.1) is 0 Å². The zero-order valence-corrected chi connectivity index (χ0v) is 14.5. The van der Waals surface area contributed by atoms with Crippen LogP contribution >= 0.6 is 0 Å². The number of hydrogen-bond acceptors (Lipinski definition) is 6. The van der Waals surface area contributed by atoms with Gasteiger partial charge in [-0.25, -0.2) is 4.79 Å². The second-order valence-electron chi connectivity index (χ2n) is 5.44. The molecule has 1 aromatic heterocycles. The standard InChI is InChI=1S/C20H18O6/c1-3-13-7-5-6-8-16(13)26-18-12-24-17-11-14(25-20(22)23-4-2)9-10-15(17)19(18)21/h5-12H,3-4H2,1-2H3. The summed E-state index contributed by atoms with van der Waals surface area (Å²) in [5, 5.41) is 0.327. The van der Waals surface area contributed by atoms with E-state index in [0.717, 1.165) is 12.0 Å². The Labute approximate surface area is 149 Å². The number of ether oxygens (including phenoxy) is 3. The quantitative estimate of drug-likeness (QED) is 0.489. The van der Waals surface area contributed by atoms with Crippen molar-refractivity contribution < 1.29 is 23.4 Å². The molecule has 0 radical (unpaired) electrons. The lowest BCUT2D eigenvalue weighted by Crippen LogP contribution is -2.10. The number of rotatable bonds is 5. The maximum Gasteiger partial charge on any atom is 0.513 e. The zero-order chi connectivity index (χ0) is 18.5. The van der Waals surface area contributed by atoms with E-state index in [1.807, 2.05) is 25.1 Å². The van der Waals surface area contributed by atoms with Crippen molar-refractivity contribution in [2.45, 2.75) is 20.3 Å². The summed E-state index contributed by atoms with van der Waals surface area (Å²) in [6, 6.07) is 12.0. The number of carbonyl (C=O) groups is 1. The first-order valence-electron chi connectivity index (χ1n) is 8.28. The van der Waals surface area contributed by atoms with E-state index in [4.69, 9.17) is 18.6 Å². The number of para-hydroxylation sites is 1. The van der Waals surface area contributed by atoms with Gasteiger partial charge in [0.15, 0.2) is 0 Å². The van der Waals surface area contributed by atoms with Gasteiger partial charge in [0.1, 0.15) is 23.3 Å². The van der Waals surface area contributed by atoms with Crippen LogP contribution in [0.5, 0.6) is 17.2 Å². The van der Waals surface area contributed by atoms with Crippen LogP contribution in [0.2, 0.25) is 0 Å². The molecule has 6 nitrogen and oxygen atoms in total. The summed E-state index contributed by atoms with van der Waals surface area (Å²) in [7, 11) is 0. The first kappa shape index (κ1) is 17.5. The average Bonchev–Trinajstić information content (AvgIpc) is 2.64. The molecule has 0 N–H and O–H groups in total. The fraction of sp³-hybridized carbons (Fsp3) is 0.200. The molecule has 0 aliphatic heterocycles. The zero-order valence-electron chi connectivity index (χ0n) is 14.5. The molecule has 3 rings (SSSR count). The second-order valence-corrected chi connectivity index (χ2v) is 5.44. The van der Waals surface area contributed by atoms with Crippen LogP contribution in [-0.2, 0) is 11.2 Å². The Morgan fingerprint density at radius 2 is 1.88 bits per heavy atom. The molecule has 0 atom stereocenters. The predicted octanol–water partition coefficient (Wildman–Crippen LogP) is 4.68. The molecule has 1 heterocycles. The molecule has 6 heteroatoms. The largest absolute Gasteiger partial charge is 0.513 e. The molecule has 0 unspecified atom stereocenters. The van der Waals surface area contributed by atoms with E-state index >= 15 is 0 Å². The molecule has 134 valence electrons. The highest BCUT2D eigenvalue weighted by Gasteiger charge is 2.13. The van der Waals surface area contributed by atoms with E-state index in [2.05, 4.69) is 0 Å². The number of aryl methyl sites for hydroxylation is 1. The second kappa shape index (κ2) is 7.74. The molecule has 0 aliphatic carbocycles. The third kappa shape index (κ3) is 3.69. The van der Waals surface area contributed by atoms with Crippen LogP contribution in [-0.4, -0.2) is 12.8 Å². The Balaban J connectivity index is 1.91. The van der Waals surface area contributed by atoms with Gasteiger partial charge >= 0.3 is 6.16 Å². The third-order valence-electron chi connectivity index (χ3n) is 3.75. The summed E-state index contributed by atoms with van der Waals surface area (Å²) in [5.41, 5.74) is 0.970. The molecule has 26 heavy (non-hydrogen) atoms. The summed E-state index contributed by atoms with van der Waals surface area (Å²) in [5.74, 6) is 0.936. The van der Waals surface area contributed by atoms with Crippen molar-refractivity contribution in [3.8, 4) is 17.2 Å². The number of hydrogen-bond donors (Lipinski definition) is 0. The minimum absolute atomic E-state index is 0.0949. The van der Waals surface area contributed by atoms with E-state index in [1.54, 1.807) is 13.0 Å². The minimum atomic E-state index is -0.815. The van der Waals surface area contributed by atoms with E-state index in [9.17, 15) is 9.59 Å². The molecule has 0 spiro atoms. The Morgan fingerprint density at radius 1 is 1.08 bits per heavy atom. The smallest absolute Gasteiger partial charge is 0.460 e. The van der Waals surface area contributed by atoms with Crippen molar-refractivity contribution in [1.82, 2.24) is 0 Å². The summed E-state index contributed by atoms with van der Waals surface area (Å²) in [4.78, 5) is 24.0. The van der Waals surface area contributed by atoms with Gasteiger partial charge in [0, 0.05) is 6.07 Å². The normalized spacial score (nSPS) is 10.5. The van der Waals surface area contributed by atoms with Gasteiger partial charge in [-0.15, -0.1) is 0 Å². The van der Waals surface area contributed by atoms with Gasteiger partial charge in [-0.1, -0.05) is 25.1 Å². The van der Waals surface area contributed by atoms with Crippen LogP contribution in [0.4, 0.5) is 4.79 Å². The predicted molar refractivity (Wildman–Crippen MR) is 96.0 cm³/mol. The van der Waals surface area contributed by atoms with Gasteiger partial charge in [0.05, 0.1) is 12.0 Å². The van der Waals surface area contributed by atoms with Crippen LogP contribution in [0.15, 0.2) is 57.9 Å². The van der Waals surface area contributed by atoms with E-state index in [1.165, 1.54) is 24.5 Å². The molecule has 0 amide bonds. The van der Waals surface area contributed by atoms with Gasteiger partial charge in [0.2, 0.25) is 11.2 Å². The topological polar surface area (TPSA) is 75.0 Å². The molecule has 0 bridgehead atoms. The van der Waals surface area contributed by atoms with Gasteiger partial charge in [0.25, 0.3) is 0 Å². The number of benzene rings is 2. The summed E-state index contributed by atoms with van der Waals surface area (Å²) in [6.45, 7) is 3.90. The monoisotopic (exact) mass is 354 g/mol. The lowest BCUT2D eigenvalue weighted by atomic mass is 10.1. The number of fused-ring (bicyclic) bond motifs is 1. The Morgan fingerprint density at radius 3 is 2.65 bits per heavy atom. The first-order valence-corrected chi connectivity index (χ1v) is 8.28. The van der Waals surface area contributed by atoms with Crippen molar-refractivity contribution in [3.05, 3.63) is 64.5 Å². The molecular formula is C20H18O6. The molecule has 0 aliphatic rings. The molecule has 0 fully saturated rings. The van der Waals surface area contributed by atoms with Crippen molar-refractivity contribution in [2.75, 3.05) is 6.61 Å². The molecule has 2 aromatic carbocycles. The third-order valence-corrected chi connectivity index (χ3v) is 3.75.